The van der Waals surface area contributed by atoms with E-state index in [0.717, 1.165) is 30.9 Å². The molecule has 0 spiro atoms. The molecule has 7 heteroatoms. The van der Waals surface area contributed by atoms with Gasteiger partial charge in [-0.25, -0.2) is 0 Å². The minimum absolute atomic E-state index is 0.00918. The molecule has 166 valence electrons. The summed E-state index contributed by atoms with van der Waals surface area (Å²) in [5, 5.41) is 0.451. The summed E-state index contributed by atoms with van der Waals surface area (Å²) in [4.78, 5) is 16.8. The quantitative estimate of drug-likeness (QED) is 0.547. The van der Waals surface area contributed by atoms with E-state index in [2.05, 4.69) is 4.90 Å². The summed E-state index contributed by atoms with van der Waals surface area (Å²) in [5.74, 6) is 1.94. The van der Waals surface area contributed by atoms with Crippen molar-refractivity contribution in [3.05, 3.63) is 59.1 Å². The van der Waals surface area contributed by atoms with Gasteiger partial charge in [0.05, 0.1) is 18.7 Å². The van der Waals surface area contributed by atoms with Crippen molar-refractivity contribution in [2.45, 2.75) is 6.92 Å². The van der Waals surface area contributed by atoms with Crippen LogP contribution in [0.2, 0.25) is 5.02 Å². The highest BCUT2D eigenvalue weighted by atomic mass is 35.5. The molecular formula is C24H29ClN2O4. The third-order valence-corrected chi connectivity index (χ3v) is 5.34. The van der Waals surface area contributed by atoms with Gasteiger partial charge in [-0.1, -0.05) is 29.8 Å². The van der Waals surface area contributed by atoms with Crippen molar-refractivity contribution >= 4 is 23.6 Å². The van der Waals surface area contributed by atoms with E-state index in [4.69, 9.17) is 25.8 Å². The number of hydrogen-bond donors (Lipinski definition) is 0. The Morgan fingerprint density at radius 1 is 1.10 bits per heavy atom. The first kappa shape index (κ1) is 23.0. The molecule has 1 aliphatic heterocycles. The third-order valence-electron chi connectivity index (χ3n) is 5.06. The van der Waals surface area contributed by atoms with Gasteiger partial charge in [0.15, 0.2) is 11.5 Å². The van der Waals surface area contributed by atoms with Crippen LogP contribution in [0.15, 0.2) is 48.5 Å². The lowest BCUT2D eigenvalue weighted by Gasteiger charge is -2.34. The number of piperazine rings is 1. The Labute approximate surface area is 188 Å². The molecule has 2 aromatic carbocycles. The topological polar surface area (TPSA) is 51.2 Å². The van der Waals surface area contributed by atoms with Crippen molar-refractivity contribution in [1.29, 1.82) is 0 Å². The fourth-order valence-electron chi connectivity index (χ4n) is 3.42. The van der Waals surface area contributed by atoms with E-state index in [9.17, 15) is 4.79 Å². The molecule has 2 aromatic rings. The van der Waals surface area contributed by atoms with Gasteiger partial charge in [-0.2, -0.15) is 0 Å². The van der Waals surface area contributed by atoms with Crippen molar-refractivity contribution in [3.63, 3.8) is 0 Å². The molecule has 6 nitrogen and oxygen atoms in total. The number of methoxy groups -OCH3 is 1. The Balaban J connectivity index is 1.48. The number of carbonyl (C=O) groups is 1. The smallest absolute Gasteiger partial charge is 0.246 e. The van der Waals surface area contributed by atoms with Crippen LogP contribution in [0.4, 0.5) is 0 Å². The molecule has 1 aliphatic rings. The summed E-state index contributed by atoms with van der Waals surface area (Å²) in [6, 6.07) is 13.4. The third kappa shape index (κ3) is 6.64. The van der Waals surface area contributed by atoms with Gasteiger partial charge in [0.25, 0.3) is 0 Å². The molecule has 0 atom stereocenters. The first-order chi connectivity index (χ1) is 15.1. The van der Waals surface area contributed by atoms with Crippen LogP contribution in [0.3, 0.4) is 0 Å². The van der Waals surface area contributed by atoms with Gasteiger partial charge in [0, 0.05) is 38.8 Å². The van der Waals surface area contributed by atoms with Gasteiger partial charge in [-0.3, -0.25) is 9.69 Å². The minimum Gasteiger partial charge on any atom is -0.492 e. The van der Waals surface area contributed by atoms with Gasteiger partial charge in [0.2, 0.25) is 5.91 Å². The lowest BCUT2D eigenvalue weighted by molar-refractivity contribution is -0.127. The van der Waals surface area contributed by atoms with Crippen molar-refractivity contribution in [1.82, 2.24) is 9.80 Å². The van der Waals surface area contributed by atoms with E-state index in [1.165, 1.54) is 0 Å². The number of para-hydroxylation sites is 1. The molecule has 1 amide bonds. The average Bonchev–Trinajstić information content (AvgIpc) is 2.79. The summed E-state index contributed by atoms with van der Waals surface area (Å²) >= 11 is 6.28. The van der Waals surface area contributed by atoms with Gasteiger partial charge in [0.1, 0.15) is 12.4 Å². The zero-order valence-corrected chi connectivity index (χ0v) is 18.8. The fourth-order valence-corrected chi connectivity index (χ4v) is 3.72. The standard InChI is InChI=1S/C24H29ClN2O4/c1-3-30-22-18-19(17-21(25)24(22)29-2)9-10-23(28)27-13-11-26(12-14-27)15-16-31-20-7-5-4-6-8-20/h4-10,17-18H,3,11-16H2,1-2H3/b10-9+. The number of halogens is 1. The number of carbonyl (C=O) groups excluding carboxylic acids is 1. The predicted octanol–water partition coefficient (Wildman–Crippen LogP) is 3.98. The first-order valence-corrected chi connectivity index (χ1v) is 10.9. The predicted molar refractivity (Wildman–Crippen MR) is 123 cm³/mol. The van der Waals surface area contributed by atoms with Crippen LogP contribution < -0.4 is 14.2 Å². The molecule has 3 rings (SSSR count). The van der Waals surface area contributed by atoms with Crippen molar-refractivity contribution in [2.24, 2.45) is 0 Å². The van der Waals surface area contributed by atoms with Crippen LogP contribution in [-0.2, 0) is 4.79 Å². The summed E-state index contributed by atoms with van der Waals surface area (Å²) in [6.07, 6.45) is 3.35. The zero-order valence-electron chi connectivity index (χ0n) is 18.1. The van der Waals surface area contributed by atoms with Crippen molar-refractivity contribution < 1.29 is 19.0 Å². The maximum absolute atomic E-state index is 12.6. The number of ether oxygens (including phenoxy) is 3. The Bertz CT molecular complexity index is 881. The molecule has 0 radical (unpaired) electrons. The Morgan fingerprint density at radius 3 is 2.52 bits per heavy atom. The van der Waals surface area contributed by atoms with E-state index in [1.807, 2.05) is 48.2 Å². The monoisotopic (exact) mass is 444 g/mol. The van der Waals surface area contributed by atoms with E-state index in [-0.39, 0.29) is 5.91 Å². The van der Waals surface area contributed by atoms with Crippen molar-refractivity contribution in [3.8, 4) is 17.2 Å². The van der Waals surface area contributed by atoms with Crippen molar-refractivity contribution in [2.75, 3.05) is 53.0 Å². The summed E-state index contributed by atoms with van der Waals surface area (Å²) in [7, 11) is 1.55. The lowest BCUT2D eigenvalue weighted by Crippen LogP contribution is -2.49. The zero-order chi connectivity index (χ0) is 22.1. The Kier molecular flexibility index (Phi) is 8.62. The molecule has 1 saturated heterocycles. The second-order valence-electron chi connectivity index (χ2n) is 7.13. The van der Waals surface area contributed by atoms with Crippen LogP contribution in [-0.4, -0.2) is 68.8 Å². The molecule has 1 fully saturated rings. The van der Waals surface area contributed by atoms with Gasteiger partial charge in [-0.15, -0.1) is 0 Å². The second kappa shape index (κ2) is 11.6. The molecular weight excluding hydrogens is 416 g/mol. The maximum atomic E-state index is 12.6. The molecule has 0 aliphatic carbocycles. The molecule has 0 N–H and O–H groups in total. The molecule has 0 aromatic heterocycles. The Hall–Kier alpha value is -2.70. The highest BCUT2D eigenvalue weighted by Crippen LogP contribution is 2.36. The highest BCUT2D eigenvalue weighted by molar-refractivity contribution is 6.32. The van der Waals surface area contributed by atoms with Crippen LogP contribution in [0.5, 0.6) is 17.2 Å². The second-order valence-corrected chi connectivity index (χ2v) is 7.54. The van der Waals surface area contributed by atoms with Crippen LogP contribution in [0.1, 0.15) is 12.5 Å². The molecule has 0 bridgehead atoms. The summed E-state index contributed by atoms with van der Waals surface area (Å²) in [5.41, 5.74) is 0.791. The van der Waals surface area contributed by atoms with Crippen LogP contribution >= 0.6 is 11.6 Å². The minimum atomic E-state index is -0.00918. The largest absolute Gasteiger partial charge is 0.492 e. The molecule has 0 unspecified atom stereocenters. The average molecular weight is 445 g/mol. The van der Waals surface area contributed by atoms with Gasteiger partial charge >= 0.3 is 0 Å². The van der Waals surface area contributed by atoms with E-state index in [0.29, 0.717) is 42.8 Å². The van der Waals surface area contributed by atoms with E-state index in [1.54, 1.807) is 25.3 Å². The van der Waals surface area contributed by atoms with Gasteiger partial charge in [-0.05, 0) is 42.8 Å². The lowest BCUT2D eigenvalue weighted by atomic mass is 10.1. The van der Waals surface area contributed by atoms with E-state index < -0.39 is 0 Å². The summed E-state index contributed by atoms with van der Waals surface area (Å²) < 4.78 is 16.6. The number of hydrogen-bond acceptors (Lipinski definition) is 5. The fraction of sp³-hybridized carbons (Fsp3) is 0.375. The molecule has 1 heterocycles. The SMILES string of the molecule is CCOc1cc(/C=C/C(=O)N2CCN(CCOc3ccccc3)CC2)cc(Cl)c1OC. The molecule has 31 heavy (non-hydrogen) atoms. The highest BCUT2D eigenvalue weighted by Gasteiger charge is 2.19. The van der Waals surface area contributed by atoms with Gasteiger partial charge < -0.3 is 19.1 Å². The molecule has 0 saturated carbocycles. The van der Waals surface area contributed by atoms with Crippen LogP contribution in [0, 0.1) is 0 Å². The number of rotatable bonds is 9. The maximum Gasteiger partial charge on any atom is 0.246 e. The Morgan fingerprint density at radius 2 is 1.84 bits per heavy atom. The number of amides is 1. The van der Waals surface area contributed by atoms with Crippen LogP contribution in [0.25, 0.3) is 6.08 Å². The number of benzene rings is 2. The number of nitrogens with zero attached hydrogens (tertiary/aromatic N) is 2. The first-order valence-electron chi connectivity index (χ1n) is 10.5. The van der Waals surface area contributed by atoms with E-state index >= 15 is 0 Å². The summed E-state index contributed by atoms with van der Waals surface area (Å²) in [6.45, 7) is 6.94. The normalized spacial score (nSPS) is 14.6.